The highest BCUT2D eigenvalue weighted by Gasteiger charge is 2.42. The van der Waals surface area contributed by atoms with Crippen molar-refractivity contribution in [1.29, 1.82) is 0 Å². The van der Waals surface area contributed by atoms with Gasteiger partial charge in [0.25, 0.3) is 0 Å². The Morgan fingerprint density at radius 1 is 1.31 bits per heavy atom. The van der Waals surface area contributed by atoms with E-state index in [1.807, 2.05) is 0 Å². The lowest BCUT2D eigenvalue weighted by Gasteiger charge is -2.42. The minimum Gasteiger partial charge on any atom is -0.381 e. The van der Waals surface area contributed by atoms with E-state index in [-0.39, 0.29) is 5.56 Å². The van der Waals surface area contributed by atoms with Crippen LogP contribution >= 0.6 is 23.4 Å². The Labute approximate surface area is 180 Å². The summed E-state index contributed by atoms with van der Waals surface area (Å²) in [4.78, 5) is 23.6. The Bertz CT molecular complexity index is 929. The van der Waals surface area contributed by atoms with Crippen molar-refractivity contribution in [3.05, 3.63) is 35.0 Å². The van der Waals surface area contributed by atoms with Crippen molar-refractivity contribution in [1.82, 2.24) is 9.97 Å². The van der Waals surface area contributed by atoms with Crippen LogP contribution in [0.1, 0.15) is 49.4 Å². The van der Waals surface area contributed by atoms with Gasteiger partial charge in [-0.25, -0.2) is 9.97 Å². The second kappa shape index (κ2) is 8.03. The summed E-state index contributed by atoms with van der Waals surface area (Å²) >= 11 is 7.60. The van der Waals surface area contributed by atoms with Crippen LogP contribution in [0.15, 0.2) is 34.3 Å². The minimum atomic E-state index is -0.564. The van der Waals surface area contributed by atoms with Crippen LogP contribution in [0.25, 0.3) is 0 Å². The van der Waals surface area contributed by atoms with Crippen molar-refractivity contribution < 1.29 is 4.79 Å². The largest absolute Gasteiger partial charge is 0.381 e. The molecule has 2 heterocycles. The van der Waals surface area contributed by atoms with Gasteiger partial charge < -0.3 is 16.4 Å². The summed E-state index contributed by atoms with van der Waals surface area (Å²) in [5, 5.41) is 0.873. The van der Waals surface area contributed by atoms with Gasteiger partial charge in [0.05, 0.1) is 16.8 Å². The number of anilines is 2. The Balaban J connectivity index is 1.48. The highest BCUT2D eigenvalue weighted by atomic mass is 35.5. The lowest BCUT2D eigenvalue weighted by atomic mass is 9.71. The molecule has 154 valence electrons. The summed E-state index contributed by atoms with van der Waals surface area (Å²) < 4.78 is 0. The van der Waals surface area contributed by atoms with Crippen LogP contribution < -0.4 is 16.4 Å². The smallest absolute Gasteiger partial charge is 0.250 e. The number of nitrogens with zero attached hydrogens (tertiary/aromatic N) is 3. The molecule has 1 aromatic carbocycles. The Morgan fingerprint density at radius 2 is 2.07 bits per heavy atom. The molecule has 2 aliphatic rings. The molecule has 8 heteroatoms. The summed E-state index contributed by atoms with van der Waals surface area (Å²) in [6.07, 6.45) is 8.28. The maximum Gasteiger partial charge on any atom is 0.250 e. The maximum atomic E-state index is 11.5. The fourth-order valence-electron chi connectivity index (χ4n) is 4.73. The molecule has 0 radical (unpaired) electrons. The number of hydrogen-bond acceptors (Lipinski definition) is 6. The molecule has 29 heavy (non-hydrogen) atoms. The molecule has 1 saturated heterocycles. The van der Waals surface area contributed by atoms with Gasteiger partial charge in [-0.1, -0.05) is 49.2 Å². The number of carbonyl (C=O) groups is 1. The first-order valence-corrected chi connectivity index (χ1v) is 11.2. The van der Waals surface area contributed by atoms with E-state index in [0.717, 1.165) is 24.8 Å². The van der Waals surface area contributed by atoms with Crippen LogP contribution in [-0.4, -0.2) is 29.0 Å². The first-order valence-electron chi connectivity index (χ1n) is 10.0. The predicted octanol–water partition coefficient (Wildman–Crippen LogP) is 4.37. The van der Waals surface area contributed by atoms with Gasteiger partial charge >= 0.3 is 0 Å². The third-order valence-corrected chi connectivity index (χ3v) is 8.21. The van der Waals surface area contributed by atoms with Gasteiger partial charge in [0, 0.05) is 18.0 Å². The Kier molecular flexibility index (Phi) is 5.62. The number of hydrogen-bond donors (Lipinski definition) is 2. The molecule has 6 nitrogen and oxygen atoms in total. The zero-order valence-electron chi connectivity index (χ0n) is 16.5. The van der Waals surface area contributed by atoms with Crippen molar-refractivity contribution in [3.8, 4) is 0 Å². The van der Waals surface area contributed by atoms with Crippen LogP contribution in [0, 0.1) is 11.3 Å². The van der Waals surface area contributed by atoms with Gasteiger partial charge in [-0.2, -0.15) is 0 Å². The van der Waals surface area contributed by atoms with E-state index in [0.29, 0.717) is 26.2 Å². The zero-order chi connectivity index (χ0) is 20.6. The number of rotatable bonds is 4. The second-order valence-corrected chi connectivity index (χ2v) is 9.55. The molecule has 1 saturated carbocycles. The standard InChI is InChI=1S/C21H26ClN5OS/c1-13-4-3-7-21(13)8-10-27(11-9-21)16-12-25-20(18(23)26-16)29-15-6-2-5-14(17(15)22)19(24)28/h2,5-6,12-13H,3-4,7-11H2,1H3,(H2,23,26)(H2,24,28)/t13-/m1/s1. The van der Waals surface area contributed by atoms with E-state index < -0.39 is 5.91 Å². The number of nitrogens with two attached hydrogens (primary N) is 2. The first-order chi connectivity index (χ1) is 13.9. The second-order valence-electron chi connectivity index (χ2n) is 8.15. The van der Waals surface area contributed by atoms with E-state index in [4.69, 9.17) is 23.1 Å². The van der Waals surface area contributed by atoms with E-state index >= 15 is 0 Å². The van der Waals surface area contributed by atoms with Gasteiger partial charge in [0.2, 0.25) is 5.91 Å². The molecule has 4 N–H and O–H groups in total. The van der Waals surface area contributed by atoms with E-state index in [1.165, 1.54) is 43.9 Å². The molecule has 1 spiro atoms. The van der Waals surface area contributed by atoms with Gasteiger partial charge in [-0.05, 0) is 42.7 Å². The average Bonchev–Trinajstić information content (AvgIpc) is 3.05. The SMILES string of the molecule is C[C@@H]1CCCC12CCN(c1cnc(Sc3cccc(C(N)=O)c3Cl)c(N)n1)CC2. The average molecular weight is 432 g/mol. The molecule has 2 fully saturated rings. The van der Waals surface area contributed by atoms with E-state index in [2.05, 4.69) is 21.8 Å². The molecule has 1 atom stereocenters. The lowest BCUT2D eigenvalue weighted by molar-refractivity contribution is 0.1000. The summed E-state index contributed by atoms with van der Waals surface area (Å²) in [6, 6.07) is 5.14. The normalized spacial score (nSPS) is 20.9. The third-order valence-electron chi connectivity index (χ3n) is 6.63. The number of amides is 1. The van der Waals surface area contributed by atoms with Crippen LogP contribution in [-0.2, 0) is 0 Å². The number of halogens is 1. The monoisotopic (exact) mass is 431 g/mol. The molecule has 1 aromatic heterocycles. The number of aromatic nitrogens is 2. The van der Waals surface area contributed by atoms with E-state index in [1.54, 1.807) is 24.4 Å². The van der Waals surface area contributed by atoms with E-state index in [9.17, 15) is 4.79 Å². The highest BCUT2D eigenvalue weighted by molar-refractivity contribution is 7.99. The number of primary amides is 1. The molecule has 0 unspecified atom stereocenters. The molecule has 1 amide bonds. The molecule has 2 aromatic rings. The van der Waals surface area contributed by atoms with Crippen molar-refractivity contribution in [2.45, 2.75) is 48.9 Å². The molecule has 1 aliphatic carbocycles. The Hall–Kier alpha value is -1.99. The summed E-state index contributed by atoms with van der Waals surface area (Å²) in [5.41, 5.74) is 12.4. The molecule has 4 rings (SSSR count). The van der Waals surface area contributed by atoms with Crippen LogP contribution in [0.3, 0.4) is 0 Å². The van der Waals surface area contributed by atoms with Crippen LogP contribution in [0.4, 0.5) is 11.6 Å². The number of carbonyl (C=O) groups excluding carboxylic acids is 1. The topological polar surface area (TPSA) is 98.1 Å². The fourth-order valence-corrected chi connectivity index (χ4v) is 5.88. The van der Waals surface area contributed by atoms with Crippen LogP contribution in [0.5, 0.6) is 0 Å². The summed E-state index contributed by atoms with van der Waals surface area (Å²) in [5.74, 6) is 1.44. The highest BCUT2D eigenvalue weighted by Crippen LogP contribution is 2.50. The molecule has 1 aliphatic heterocycles. The van der Waals surface area contributed by atoms with Crippen molar-refractivity contribution in [2.24, 2.45) is 17.1 Å². The van der Waals surface area contributed by atoms with Gasteiger partial charge in [-0.3, -0.25) is 4.79 Å². The van der Waals surface area contributed by atoms with Crippen molar-refractivity contribution in [3.63, 3.8) is 0 Å². The number of benzene rings is 1. The lowest BCUT2D eigenvalue weighted by Crippen LogP contribution is -2.41. The summed E-state index contributed by atoms with van der Waals surface area (Å²) in [7, 11) is 0. The minimum absolute atomic E-state index is 0.281. The van der Waals surface area contributed by atoms with Gasteiger partial charge in [0.1, 0.15) is 10.8 Å². The number of piperidine rings is 1. The van der Waals surface area contributed by atoms with Crippen molar-refractivity contribution >= 4 is 40.9 Å². The summed E-state index contributed by atoms with van der Waals surface area (Å²) in [6.45, 7) is 4.40. The predicted molar refractivity (Wildman–Crippen MR) is 117 cm³/mol. The Morgan fingerprint density at radius 3 is 2.69 bits per heavy atom. The number of nitrogen functional groups attached to an aromatic ring is 1. The maximum absolute atomic E-state index is 11.5. The quantitative estimate of drug-likeness (QED) is 0.745. The fraction of sp³-hybridized carbons (Fsp3) is 0.476. The first kappa shape index (κ1) is 20.3. The van der Waals surface area contributed by atoms with Gasteiger partial charge in [0.15, 0.2) is 5.82 Å². The molecular weight excluding hydrogens is 406 g/mol. The molecular formula is C21H26ClN5OS. The zero-order valence-corrected chi connectivity index (χ0v) is 18.1. The third kappa shape index (κ3) is 3.90. The van der Waals surface area contributed by atoms with Gasteiger partial charge in [-0.15, -0.1) is 0 Å². The van der Waals surface area contributed by atoms with Crippen molar-refractivity contribution in [2.75, 3.05) is 23.7 Å². The van der Waals surface area contributed by atoms with Crippen LogP contribution in [0.2, 0.25) is 5.02 Å². The molecule has 0 bridgehead atoms.